The molecule has 0 radical (unpaired) electrons. The molecule has 0 saturated heterocycles. The molecule has 0 amide bonds. The fraction of sp³-hybridized carbons (Fsp3) is 0. The summed E-state index contributed by atoms with van der Waals surface area (Å²) in [6.07, 6.45) is 0. The van der Waals surface area contributed by atoms with Crippen molar-refractivity contribution in [1.82, 2.24) is 0 Å². The van der Waals surface area contributed by atoms with Gasteiger partial charge in [-0.25, -0.2) is 0 Å². The molecule has 0 aliphatic carbocycles. The summed E-state index contributed by atoms with van der Waals surface area (Å²) in [5, 5.41) is 12.2. The maximum absolute atomic E-state index is 6.48. The normalized spacial score (nSPS) is 11.6. The fourth-order valence-corrected chi connectivity index (χ4v) is 10.4. The van der Waals surface area contributed by atoms with Crippen LogP contribution in [0.2, 0.25) is 0 Å². The summed E-state index contributed by atoms with van der Waals surface area (Å²) in [6.45, 7) is 0. The summed E-state index contributed by atoms with van der Waals surface area (Å²) in [6, 6.07) is 90.3. The third kappa shape index (κ3) is 6.26. The van der Waals surface area contributed by atoms with Crippen molar-refractivity contribution in [2.45, 2.75) is 0 Å². The van der Waals surface area contributed by atoms with Gasteiger partial charge in [-0.15, -0.1) is 0 Å². The van der Waals surface area contributed by atoms with Crippen LogP contribution in [0.3, 0.4) is 0 Å². The number of rotatable bonds is 7. The van der Waals surface area contributed by atoms with Gasteiger partial charge in [-0.2, -0.15) is 0 Å². The Morgan fingerprint density at radius 3 is 1.59 bits per heavy atom. The second-order valence-electron chi connectivity index (χ2n) is 17.2. The first-order chi connectivity index (χ1) is 32.7. The zero-order chi connectivity index (χ0) is 43.6. The highest BCUT2D eigenvalue weighted by Gasteiger charge is 2.20. The highest BCUT2D eigenvalue weighted by Crippen LogP contribution is 2.47. The van der Waals surface area contributed by atoms with E-state index in [1.165, 1.54) is 65.3 Å². The minimum atomic E-state index is 0.902. The zero-order valence-electron chi connectivity index (χ0n) is 36.0. The molecule has 13 aromatic rings. The van der Waals surface area contributed by atoms with Gasteiger partial charge >= 0.3 is 0 Å². The quantitative estimate of drug-likeness (QED) is 0.149. The Morgan fingerprint density at radius 1 is 0.258 bits per heavy atom. The lowest BCUT2D eigenvalue weighted by atomic mass is 9.84. The summed E-state index contributed by atoms with van der Waals surface area (Å²) in [7, 11) is 0. The van der Waals surface area contributed by atoms with Gasteiger partial charge in [-0.3, -0.25) is 0 Å². The predicted octanol–water partition coefficient (Wildman–Crippen LogP) is 18.3. The number of furan rings is 1. The molecule has 13 rings (SSSR count). The van der Waals surface area contributed by atoms with E-state index >= 15 is 0 Å². The van der Waals surface area contributed by atoms with E-state index in [-0.39, 0.29) is 0 Å². The van der Waals surface area contributed by atoms with Crippen molar-refractivity contribution in [1.29, 1.82) is 0 Å². The molecule has 0 saturated carbocycles. The lowest BCUT2D eigenvalue weighted by Crippen LogP contribution is -2.10. The van der Waals surface area contributed by atoms with Crippen LogP contribution in [0.15, 0.2) is 253 Å². The van der Waals surface area contributed by atoms with E-state index in [4.69, 9.17) is 4.42 Å². The second-order valence-corrected chi connectivity index (χ2v) is 17.2. The Kier molecular flexibility index (Phi) is 8.89. The van der Waals surface area contributed by atoms with Crippen LogP contribution in [0.5, 0.6) is 0 Å². The molecule has 0 aliphatic heterocycles. The standard InChI is InChI=1S/C64H41NO/c1-3-16-44(17-4-1)62-58-25-10-9-23-55(58)56-37-33-47(41-60(56)63(62)45-18-5-2-6-19-45)46-20-13-21-50(39-46)65(51-36-38-53-48(40-51)30-29-42-15-7-8-22-52(42)53)49-34-31-43(32-35-49)54-26-14-27-59-57-24-11-12-28-61(57)66-64(54)59/h1-41H. The van der Waals surface area contributed by atoms with Gasteiger partial charge in [0.15, 0.2) is 0 Å². The van der Waals surface area contributed by atoms with E-state index in [2.05, 4.69) is 241 Å². The maximum atomic E-state index is 6.48. The van der Waals surface area contributed by atoms with Gasteiger partial charge in [0.2, 0.25) is 0 Å². The molecule has 0 unspecified atom stereocenters. The fourth-order valence-electron chi connectivity index (χ4n) is 10.4. The number of para-hydroxylation sites is 2. The minimum Gasteiger partial charge on any atom is -0.455 e. The molecule has 1 heterocycles. The molecule has 2 nitrogen and oxygen atoms in total. The van der Waals surface area contributed by atoms with Gasteiger partial charge in [-0.1, -0.05) is 200 Å². The third-order valence-electron chi connectivity index (χ3n) is 13.4. The van der Waals surface area contributed by atoms with Gasteiger partial charge < -0.3 is 9.32 Å². The summed E-state index contributed by atoms with van der Waals surface area (Å²) in [4.78, 5) is 2.39. The molecule has 66 heavy (non-hydrogen) atoms. The number of benzene rings is 12. The van der Waals surface area contributed by atoms with Gasteiger partial charge in [-0.05, 0) is 131 Å². The van der Waals surface area contributed by atoms with Gasteiger partial charge in [0.25, 0.3) is 0 Å². The van der Waals surface area contributed by atoms with E-state index in [0.29, 0.717) is 0 Å². The van der Waals surface area contributed by atoms with Crippen LogP contribution in [0.4, 0.5) is 17.1 Å². The summed E-state index contributed by atoms with van der Waals surface area (Å²) < 4.78 is 6.48. The van der Waals surface area contributed by atoms with Crippen molar-refractivity contribution < 1.29 is 4.42 Å². The Bertz CT molecular complexity index is 3980. The largest absolute Gasteiger partial charge is 0.455 e. The van der Waals surface area contributed by atoms with Crippen LogP contribution in [0.25, 0.3) is 110 Å². The number of nitrogens with zero attached hydrogens (tertiary/aromatic N) is 1. The first kappa shape index (κ1) is 37.8. The van der Waals surface area contributed by atoms with Crippen LogP contribution in [0, 0.1) is 0 Å². The number of anilines is 3. The number of hydrogen-bond donors (Lipinski definition) is 0. The van der Waals surface area contributed by atoms with Gasteiger partial charge in [0.05, 0.1) is 0 Å². The smallest absolute Gasteiger partial charge is 0.143 e. The van der Waals surface area contributed by atoms with Crippen LogP contribution < -0.4 is 4.90 Å². The first-order valence-corrected chi connectivity index (χ1v) is 22.7. The van der Waals surface area contributed by atoms with Crippen LogP contribution in [-0.4, -0.2) is 0 Å². The van der Waals surface area contributed by atoms with Crippen molar-refractivity contribution in [3.63, 3.8) is 0 Å². The van der Waals surface area contributed by atoms with Gasteiger partial charge in [0, 0.05) is 33.4 Å². The van der Waals surface area contributed by atoms with Crippen LogP contribution >= 0.6 is 0 Å². The molecule has 2 heteroatoms. The Hall–Kier alpha value is -8.72. The Balaban J connectivity index is 0.984. The molecule has 0 fully saturated rings. The van der Waals surface area contributed by atoms with Crippen molar-refractivity contribution in [2.75, 3.05) is 4.90 Å². The molecule has 0 N–H and O–H groups in total. The van der Waals surface area contributed by atoms with Gasteiger partial charge in [0.1, 0.15) is 11.2 Å². The molecule has 1 aromatic heterocycles. The minimum absolute atomic E-state index is 0.902. The molecule has 0 aliphatic rings. The zero-order valence-corrected chi connectivity index (χ0v) is 36.0. The second kappa shape index (κ2) is 15.5. The average molecular weight is 840 g/mol. The number of fused-ring (bicyclic) bond motifs is 9. The maximum Gasteiger partial charge on any atom is 0.143 e. The predicted molar refractivity (Wildman–Crippen MR) is 280 cm³/mol. The lowest BCUT2D eigenvalue weighted by molar-refractivity contribution is 0.670. The molecule has 308 valence electrons. The van der Waals surface area contributed by atoms with E-state index in [0.717, 1.165) is 61.3 Å². The van der Waals surface area contributed by atoms with Crippen molar-refractivity contribution >= 4 is 82.1 Å². The average Bonchev–Trinajstić information content (AvgIpc) is 3.78. The molecule has 0 spiro atoms. The molecular weight excluding hydrogens is 799 g/mol. The molecule has 0 bridgehead atoms. The summed E-state index contributed by atoms with van der Waals surface area (Å²) in [5.74, 6) is 0. The lowest BCUT2D eigenvalue weighted by Gasteiger charge is -2.27. The van der Waals surface area contributed by atoms with E-state index < -0.39 is 0 Å². The van der Waals surface area contributed by atoms with E-state index in [1.807, 2.05) is 12.1 Å². The molecule has 12 aromatic carbocycles. The van der Waals surface area contributed by atoms with Crippen molar-refractivity contribution in [3.05, 3.63) is 249 Å². The Morgan fingerprint density at radius 2 is 0.788 bits per heavy atom. The van der Waals surface area contributed by atoms with E-state index in [9.17, 15) is 0 Å². The van der Waals surface area contributed by atoms with Crippen molar-refractivity contribution in [3.8, 4) is 44.5 Å². The first-order valence-electron chi connectivity index (χ1n) is 22.7. The van der Waals surface area contributed by atoms with E-state index in [1.54, 1.807) is 0 Å². The summed E-state index contributed by atoms with van der Waals surface area (Å²) >= 11 is 0. The van der Waals surface area contributed by atoms with Crippen LogP contribution in [0.1, 0.15) is 0 Å². The topological polar surface area (TPSA) is 16.4 Å². The number of hydrogen-bond acceptors (Lipinski definition) is 2. The highest BCUT2D eigenvalue weighted by atomic mass is 16.3. The highest BCUT2D eigenvalue weighted by molar-refractivity contribution is 6.22. The molecule has 0 atom stereocenters. The summed E-state index contributed by atoms with van der Waals surface area (Å²) in [5.41, 5.74) is 14.5. The SMILES string of the molecule is c1ccc(-c2c(-c3ccccc3)c3cc(-c4cccc(N(c5ccc(-c6cccc7c6oc6ccccc67)cc5)c5ccc6c(ccc7ccccc76)c5)c4)ccc3c3ccccc23)cc1. The van der Waals surface area contributed by atoms with Crippen LogP contribution in [-0.2, 0) is 0 Å². The third-order valence-corrected chi connectivity index (χ3v) is 13.4. The molecular formula is C64H41NO. The monoisotopic (exact) mass is 839 g/mol. The Labute approximate surface area is 382 Å². The van der Waals surface area contributed by atoms with Crippen molar-refractivity contribution in [2.24, 2.45) is 0 Å².